The van der Waals surface area contributed by atoms with Gasteiger partial charge in [-0.05, 0) is 45.0 Å². The van der Waals surface area contributed by atoms with E-state index in [1.54, 1.807) is 4.57 Å². The summed E-state index contributed by atoms with van der Waals surface area (Å²) in [5.41, 5.74) is 3.12. The number of pyridine rings is 1. The minimum atomic E-state index is -0.121. The Morgan fingerprint density at radius 3 is 2.55 bits per heavy atom. The van der Waals surface area contributed by atoms with Gasteiger partial charge in [-0.2, -0.15) is 0 Å². The largest absolute Gasteiger partial charge is 0.483 e. The monoisotopic (exact) mass is 419 g/mol. The Hall–Kier alpha value is -3.28. The molecule has 1 aliphatic rings. The lowest BCUT2D eigenvalue weighted by atomic mass is 10.1. The Kier molecular flexibility index (Phi) is 5.98. The van der Waals surface area contributed by atoms with Crippen molar-refractivity contribution in [1.29, 1.82) is 0 Å². The zero-order valence-corrected chi connectivity index (χ0v) is 18.4. The highest BCUT2D eigenvalue weighted by molar-refractivity contribution is 5.86. The second-order valence-electron chi connectivity index (χ2n) is 8.11. The normalized spacial score (nSPS) is 16.5. The van der Waals surface area contributed by atoms with Gasteiger partial charge >= 0.3 is 0 Å². The number of fused-ring (bicyclic) bond motifs is 1. The van der Waals surface area contributed by atoms with Crippen LogP contribution in [0.15, 0.2) is 59.4 Å². The number of nitrogens with zero attached hydrogens (tertiary/aromatic N) is 3. The first-order valence-corrected chi connectivity index (χ1v) is 10.8. The van der Waals surface area contributed by atoms with E-state index in [0.29, 0.717) is 25.4 Å². The van der Waals surface area contributed by atoms with Gasteiger partial charge in [0.1, 0.15) is 5.75 Å². The molecule has 0 saturated carbocycles. The number of carbonyl (C=O) groups excluding carboxylic acids is 1. The number of carbonyl (C=O) groups is 1. The summed E-state index contributed by atoms with van der Waals surface area (Å²) in [5.74, 6) is 0.407. The van der Waals surface area contributed by atoms with Crippen molar-refractivity contribution in [3.05, 3.63) is 70.5 Å². The molecule has 31 heavy (non-hydrogen) atoms. The van der Waals surface area contributed by atoms with Crippen LogP contribution in [0.25, 0.3) is 10.9 Å². The highest BCUT2D eigenvalue weighted by Gasteiger charge is 2.27. The van der Waals surface area contributed by atoms with Gasteiger partial charge in [0.2, 0.25) is 0 Å². The number of aryl methyl sites for hydroxylation is 2. The quantitative estimate of drug-likeness (QED) is 0.636. The maximum atomic E-state index is 12.8. The fourth-order valence-electron chi connectivity index (χ4n) is 4.28. The topological polar surface area (TPSA) is 54.8 Å². The number of para-hydroxylation sites is 1. The van der Waals surface area contributed by atoms with Crippen molar-refractivity contribution in [2.24, 2.45) is 0 Å². The minimum absolute atomic E-state index is 0.0563. The molecule has 0 unspecified atom stereocenters. The zero-order valence-electron chi connectivity index (χ0n) is 18.4. The van der Waals surface area contributed by atoms with Crippen molar-refractivity contribution in [3.8, 4) is 5.75 Å². The molecule has 0 aliphatic carbocycles. The predicted octanol–water partition coefficient (Wildman–Crippen LogP) is 3.45. The van der Waals surface area contributed by atoms with Crippen molar-refractivity contribution in [3.63, 3.8) is 0 Å². The average molecular weight is 420 g/mol. The van der Waals surface area contributed by atoms with Gasteiger partial charge in [0.25, 0.3) is 11.5 Å². The number of piperazine rings is 1. The molecule has 4 rings (SSSR count). The van der Waals surface area contributed by atoms with Crippen LogP contribution in [-0.2, 0) is 11.3 Å². The number of benzene rings is 2. The van der Waals surface area contributed by atoms with E-state index in [1.807, 2.05) is 36.1 Å². The van der Waals surface area contributed by atoms with Crippen molar-refractivity contribution in [2.45, 2.75) is 33.4 Å². The third kappa shape index (κ3) is 4.29. The number of anilines is 1. The smallest absolute Gasteiger partial charge is 0.260 e. The Labute approximate surface area is 182 Å². The molecule has 1 saturated heterocycles. The van der Waals surface area contributed by atoms with Gasteiger partial charge in [-0.15, -0.1) is 0 Å². The predicted molar refractivity (Wildman–Crippen MR) is 124 cm³/mol. The van der Waals surface area contributed by atoms with Gasteiger partial charge in [-0.25, -0.2) is 0 Å². The van der Waals surface area contributed by atoms with Crippen LogP contribution in [0.4, 0.5) is 5.69 Å². The Morgan fingerprint density at radius 2 is 1.84 bits per heavy atom. The number of hydrogen-bond donors (Lipinski definition) is 0. The van der Waals surface area contributed by atoms with Crippen LogP contribution in [-0.4, -0.2) is 47.7 Å². The Bertz CT molecular complexity index is 1140. The molecule has 3 aromatic rings. The molecule has 162 valence electrons. The summed E-state index contributed by atoms with van der Waals surface area (Å²) in [6, 6.07) is 17.8. The van der Waals surface area contributed by atoms with Crippen LogP contribution in [0.1, 0.15) is 19.4 Å². The van der Waals surface area contributed by atoms with Crippen LogP contribution in [0.5, 0.6) is 5.75 Å². The lowest BCUT2D eigenvalue weighted by Crippen LogP contribution is -2.54. The van der Waals surface area contributed by atoms with Crippen molar-refractivity contribution in [1.82, 2.24) is 9.47 Å². The molecule has 1 aromatic heterocycles. The molecular weight excluding hydrogens is 390 g/mol. The summed E-state index contributed by atoms with van der Waals surface area (Å²) in [5, 5.41) is 0.842. The van der Waals surface area contributed by atoms with Gasteiger partial charge in [0.05, 0.1) is 5.52 Å². The van der Waals surface area contributed by atoms with Crippen molar-refractivity contribution < 1.29 is 9.53 Å². The highest BCUT2D eigenvalue weighted by Crippen LogP contribution is 2.24. The summed E-state index contributed by atoms with van der Waals surface area (Å²) in [4.78, 5) is 29.5. The van der Waals surface area contributed by atoms with Gasteiger partial charge in [-0.1, -0.05) is 29.8 Å². The fourth-order valence-corrected chi connectivity index (χ4v) is 4.28. The lowest BCUT2D eigenvalue weighted by molar-refractivity contribution is -0.134. The van der Waals surface area contributed by atoms with E-state index in [4.69, 9.17) is 4.74 Å². The van der Waals surface area contributed by atoms with Gasteiger partial charge < -0.3 is 19.1 Å². The summed E-state index contributed by atoms with van der Waals surface area (Å²) in [7, 11) is 0. The van der Waals surface area contributed by atoms with Crippen LogP contribution in [0.3, 0.4) is 0 Å². The molecule has 0 radical (unpaired) electrons. The van der Waals surface area contributed by atoms with E-state index in [0.717, 1.165) is 17.4 Å². The maximum absolute atomic E-state index is 12.8. The molecule has 6 nitrogen and oxygen atoms in total. The summed E-state index contributed by atoms with van der Waals surface area (Å²) < 4.78 is 7.56. The molecule has 0 spiro atoms. The third-order valence-corrected chi connectivity index (χ3v) is 5.99. The summed E-state index contributed by atoms with van der Waals surface area (Å²) in [6.45, 7) is 8.75. The average Bonchev–Trinajstić information content (AvgIpc) is 2.78. The van der Waals surface area contributed by atoms with Crippen LogP contribution in [0.2, 0.25) is 0 Å². The molecule has 6 heteroatoms. The second kappa shape index (κ2) is 8.84. The number of rotatable bonds is 5. The first kappa shape index (κ1) is 21.0. The van der Waals surface area contributed by atoms with Crippen LogP contribution >= 0.6 is 0 Å². The second-order valence-corrected chi connectivity index (χ2v) is 8.11. The summed E-state index contributed by atoms with van der Waals surface area (Å²) in [6.07, 6.45) is 0. The zero-order chi connectivity index (χ0) is 22.0. The van der Waals surface area contributed by atoms with Crippen LogP contribution in [0, 0.1) is 6.92 Å². The number of aromatic nitrogens is 1. The highest BCUT2D eigenvalue weighted by atomic mass is 16.5. The van der Waals surface area contributed by atoms with E-state index in [-0.39, 0.29) is 24.1 Å². The molecular formula is C25H29N3O3. The Morgan fingerprint density at radius 1 is 1.10 bits per heavy atom. The third-order valence-electron chi connectivity index (χ3n) is 5.99. The molecule has 1 aliphatic heterocycles. The molecule has 0 N–H and O–H groups in total. The molecule has 0 bridgehead atoms. The maximum Gasteiger partial charge on any atom is 0.260 e. The van der Waals surface area contributed by atoms with Gasteiger partial charge in [0.15, 0.2) is 6.61 Å². The number of hydrogen-bond acceptors (Lipinski definition) is 4. The SMILES string of the molecule is CCn1c(=O)cc(OCC(=O)N2CCN(c3ccc(C)cc3)[C@@H](C)C2)c2ccccc21. The molecule has 2 heterocycles. The van der Waals surface area contributed by atoms with E-state index >= 15 is 0 Å². The lowest BCUT2D eigenvalue weighted by Gasteiger charge is -2.41. The standard InChI is InChI=1S/C25H29N3O3/c1-4-27-22-8-6-5-7-21(22)23(15-24(27)29)31-17-25(30)26-13-14-28(19(3)16-26)20-11-9-18(2)10-12-20/h5-12,15,19H,4,13-14,16-17H2,1-3H3/t19-/m0/s1. The number of amides is 1. The molecule has 1 atom stereocenters. The van der Waals surface area contributed by atoms with E-state index in [2.05, 4.69) is 43.0 Å². The minimum Gasteiger partial charge on any atom is -0.483 e. The molecule has 1 fully saturated rings. The number of ether oxygens (including phenoxy) is 1. The van der Waals surface area contributed by atoms with E-state index in [9.17, 15) is 9.59 Å². The van der Waals surface area contributed by atoms with Gasteiger partial charge in [0, 0.05) is 49.4 Å². The van der Waals surface area contributed by atoms with Crippen LogP contribution < -0.4 is 15.2 Å². The first-order chi connectivity index (χ1) is 15.0. The van der Waals surface area contributed by atoms with Crippen molar-refractivity contribution in [2.75, 3.05) is 31.1 Å². The fraction of sp³-hybridized carbons (Fsp3) is 0.360. The van der Waals surface area contributed by atoms with Gasteiger partial charge in [-0.3, -0.25) is 9.59 Å². The summed E-state index contributed by atoms with van der Waals surface area (Å²) >= 11 is 0. The first-order valence-electron chi connectivity index (χ1n) is 10.8. The van der Waals surface area contributed by atoms with Crippen molar-refractivity contribution >= 4 is 22.5 Å². The van der Waals surface area contributed by atoms with E-state index < -0.39 is 0 Å². The Balaban J connectivity index is 1.43. The molecule has 2 aromatic carbocycles. The van der Waals surface area contributed by atoms with E-state index in [1.165, 1.54) is 17.3 Å². The molecule has 1 amide bonds.